The van der Waals surface area contributed by atoms with Crippen LogP contribution in [0.5, 0.6) is 5.75 Å². The fourth-order valence-electron chi connectivity index (χ4n) is 7.08. The summed E-state index contributed by atoms with van der Waals surface area (Å²) in [7, 11) is -5.99. The summed E-state index contributed by atoms with van der Waals surface area (Å²) in [6, 6.07) is 56.2. The highest BCUT2D eigenvalue weighted by Crippen LogP contribution is 2.49. The lowest BCUT2D eigenvalue weighted by atomic mass is 10.0. The number of hydrogen-bond donors (Lipinski definition) is 0. The van der Waals surface area contributed by atoms with E-state index in [1.54, 1.807) is 0 Å². The highest BCUT2D eigenvalue weighted by Gasteiger charge is 2.48. The average Bonchev–Trinajstić information content (AvgIpc) is 3.56. The Balaban J connectivity index is 1.32. The van der Waals surface area contributed by atoms with Gasteiger partial charge in [0.2, 0.25) is 0 Å². The summed E-state index contributed by atoms with van der Waals surface area (Å²) >= 11 is 1.47. The molecule has 5 nitrogen and oxygen atoms in total. The third-order valence-corrected chi connectivity index (χ3v) is 11.7. The molecule has 0 aliphatic heterocycles. The summed E-state index contributed by atoms with van der Waals surface area (Å²) in [5.41, 5.74) is -1.06. The maximum atomic E-state index is 13.8. The van der Waals surface area contributed by atoms with Gasteiger partial charge in [0.25, 0.3) is 0 Å². The Kier molecular flexibility index (Phi) is 8.44. The zero-order chi connectivity index (χ0) is 37.7. The molecule has 1 heterocycles. The lowest BCUT2D eigenvalue weighted by molar-refractivity contribution is -0.0500. The Hall–Kier alpha value is -6.36. The van der Waals surface area contributed by atoms with Crippen molar-refractivity contribution in [2.24, 2.45) is 0 Å². The van der Waals surface area contributed by atoms with E-state index in [0.29, 0.717) is 11.1 Å². The molecule has 270 valence electrons. The van der Waals surface area contributed by atoms with Crippen LogP contribution in [0, 0.1) is 0 Å². The third kappa shape index (κ3) is 6.29. The van der Waals surface area contributed by atoms with Gasteiger partial charge in [0.15, 0.2) is 0 Å². The smallest absolute Gasteiger partial charge is 0.376 e. The number of alkyl halides is 3. The van der Waals surface area contributed by atoms with E-state index in [1.807, 2.05) is 144 Å². The quantitative estimate of drug-likeness (QED) is 0.114. The Morgan fingerprint density at radius 2 is 1.05 bits per heavy atom. The molecule has 8 aromatic carbocycles. The van der Waals surface area contributed by atoms with Gasteiger partial charge in [0.05, 0.1) is 16.1 Å². The lowest BCUT2D eigenvalue weighted by Gasteiger charge is -2.27. The Morgan fingerprint density at radius 1 is 0.473 bits per heavy atom. The summed E-state index contributed by atoms with van der Waals surface area (Å²) in [5, 5.41) is 5.34. The molecule has 0 fully saturated rings. The maximum absolute atomic E-state index is 13.8. The molecule has 0 N–H and O–H groups in total. The van der Waals surface area contributed by atoms with Crippen molar-refractivity contribution in [3.05, 3.63) is 176 Å². The van der Waals surface area contributed by atoms with Gasteiger partial charge in [-0.15, -0.1) is 11.3 Å². The Bertz CT molecular complexity index is 2980. The molecule has 0 radical (unpaired) electrons. The van der Waals surface area contributed by atoms with E-state index in [0.717, 1.165) is 64.8 Å². The second-order valence-electron chi connectivity index (χ2n) is 13.0. The van der Waals surface area contributed by atoms with E-state index in [-0.39, 0.29) is 0 Å². The van der Waals surface area contributed by atoms with E-state index in [1.165, 1.54) is 23.5 Å². The summed E-state index contributed by atoms with van der Waals surface area (Å²) in [6.45, 7) is 0. The predicted octanol–water partition coefficient (Wildman–Crippen LogP) is 13.5. The zero-order valence-electron chi connectivity index (χ0n) is 28.8. The minimum atomic E-state index is -5.99. The monoisotopic (exact) mass is 766 g/mol. The van der Waals surface area contributed by atoms with Gasteiger partial charge in [-0.3, -0.25) is 0 Å². The second-order valence-corrected chi connectivity index (χ2v) is 15.5. The molecule has 0 bridgehead atoms. The van der Waals surface area contributed by atoms with Crippen molar-refractivity contribution in [3.8, 4) is 5.75 Å². The Morgan fingerprint density at radius 3 is 1.76 bits per heavy atom. The number of thiophene rings is 1. The van der Waals surface area contributed by atoms with Crippen molar-refractivity contribution >= 4 is 97.3 Å². The van der Waals surface area contributed by atoms with Crippen LogP contribution in [0.4, 0.5) is 47.3 Å². The highest BCUT2D eigenvalue weighted by atomic mass is 32.2. The number of benzene rings is 8. The van der Waals surface area contributed by atoms with Gasteiger partial charge in [-0.2, -0.15) is 21.6 Å². The fraction of sp³-hybridized carbons (Fsp3) is 0.0222. The van der Waals surface area contributed by atoms with Gasteiger partial charge in [-0.05, 0) is 82.9 Å². The predicted molar refractivity (Wildman–Crippen MR) is 219 cm³/mol. The minimum Gasteiger partial charge on any atom is -0.376 e. The molecule has 0 atom stereocenters. The van der Waals surface area contributed by atoms with Crippen molar-refractivity contribution in [1.82, 2.24) is 0 Å². The van der Waals surface area contributed by atoms with Crippen LogP contribution in [0.3, 0.4) is 0 Å². The van der Waals surface area contributed by atoms with E-state index in [9.17, 15) is 21.6 Å². The normalized spacial score (nSPS) is 12.1. The van der Waals surface area contributed by atoms with Crippen LogP contribution in [0.15, 0.2) is 176 Å². The molecule has 1 aromatic heterocycles. The Labute approximate surface area is 318 Å². The molecule has 0 aliphatic carbocycles. The first-order valence-corrected chi connectivity index (χ1v) is 19.6. The highest BCUT2D eigenvalue weighted by molar-refractivity contribution is 7.88. The van der Waals surface area contributed by atoms with Crippen molar-refractivity contribution in [1.29, 1.82) is 0 Å². The molecule has 0 spiro atoms. The number of rotatable bonds is 8. The first kappa shape index (κ1) is 34.4. The van der Waals surface area contributed by atoms with E-state index in [2.05, 4.69) is 29.2 Å². The SMILES string of the molecule is O=S(=O)(Oc1cc(N(c2ccccc2)c2ccc3ccccc3c2)c2sc3ccc(N(c4ccccc4)c4cccc5ccccc45)cc3c2c1)C(F)(F)F. The first-order valence-electron chi connectivity index (χ1n) is 17.3. The molecule has 0 saturated heterocycles. The van der Waals surface area contributed by atoms with Gasteiger partial charge in [0.1, 0.15) is 5.75 Å². The van der Waals surface area contributed by atoms with Crippen molar-refractivity contribution in [2.75, 3.05) is 9.80 Å². The maximum Gasteiger partial charge on any atom is 0.534 e. The molecule has 55 heavy (non-hydrogen) atoms. The number of anilines is 6. The lowest BCUT2D eigenvalue weighted by Crippen LogP contribution is -2.28. The molecule has 0 amide bonds. The van der Waals surface area contributed by atoms with Crippen LogP contribution in [-0.4, -0.2) is 13.9 Å². The van der Waals surface area contributed by atoms with E-state index in [4.69, 9.17) is 4.18 Å². The topological polar surface area (TPSA) is 49.9 Å². The zero-order valence-corrected chi connectivity index (χ0v) is 30.4. The number of halogens is 3. The van der Waals surface area contributed by atoms with Crippen LogP contribution < -0.4 is 14.0 Å². The van der Waals surface area contributed by atoms with Crippen LogP contribution in [-0.2, 0) is 10.1 Å². The molecular formula is C45H29F3N2O3S2. The van der Waals surface area contributed by atoms with Gasteiger partial charge in [0, 0.05) is 49.7 Å². The second kappa shape index (κ2) is 13.5. The van der Waals surface area contributed by atoms with Crippen molar-refractivity contribution in [3.63, 3.8) is 0 Å². The molecule has 0 saturated carbocycles. The largest absolute Gasteiger partial charge is 0.534 e. The standard InChI is InChI=1S/C45H29F3N2O3S2/c46-45(47,48)55(51,52)53-37-28-40-39-27-36(49(33-16-3-1-4-17-33)41-21-11-15-31-13-9-10-20-38(31)41)24-25-43(39)54-44(40)42(29-37)50(34-18-5-2-6-19-34)35-23-22-30-12-7-8-14-32(30)26-35/h1-29H. The average molecular weight is 767 g/mol. The number of hydrogen-bond acceptors (Lipinski definition) is 6. The molecule has 0 unspecified atom stereocenters. The summed E-state index contributed by atoms with van der Waals surface area (Å²) in [4.78, 5) is 4.07. The van der Waals surface area contributed by atoms with Crippen LogP contribution in [0.25, 0.3) is 41.7 Å². The number of nitrogens with zero attached hydrogens (tertiary/aromatic N) is 2. The molecule has 9 aromatic rings. The van der Waals surface area contributed by atoms with Crippen LogP contribution in [0.1, 0.15) is 0 Å². The van der Waals surface area contributed by atoms with Crippen molar-refractivity contribution < 1.29 is 25.8 Å². The number of para-hydroxylation sites is 2. The van der Waals surface area contributed by atoms with Crippen molar-refractivity contribution in [2.45, 2.75) is 5.51 Å². The first-order chi connectivity index (χ1) is 26.6. The van der Waals surface area contributed by atoms with Crippen LogP contribution in [0.2, 0.25) is 0 Å². The molecule has 10 heteroatoms. The molecular weight excluding hydrogens is 738 g/mol. The van der Waals surface area contributed by atoms with Gasteiger partial charge in [-0.25, -0.2) is 0 Å². The minimum absolute atomic E-state index is 0.458. The molecule has 0 aliphatic rings. The molecule has 9 rings (SSSR count). The summed E-state index contributed by atoms with van der Waals surface area (Å²) in [6.07, 6.45) is 0. The number of fused-ring (bicyclic) bond motifs is 5. The van der Waals surface area contributed by atoms with Gasteiger partial charge >= 0.3 is 15.6 Å². The van der Waals surface area contributed by atoms with E-state index < -0.39 is 21.4 Å². The summed E-state index contributed by atoms with van der Waals surface area (Å²) < 4.78 is 73.0. The van der Waals surface area contributed by atoms with E-state index >= 15 is 0 Å². The van der Waals surface area contributed by atoms with Gasteiger partial charge in [-0.1, -0.05) is 103 Å². The summed E-state index contributed by atoms with van der Waals surface area (Å²) in [5.74, 6) is -0.458. The van der Waals surface area contributed by atoms with Gasteiger partial charge < -0.3 is 14.0 Å². The fourth-order valence-corrected chi connectivity index (χ4v) is 8.69. The van der Waals surface area contributed by atoms with Crippen LogP contribution >= 0.6 is 11.3 Å². The third-order valence-electron chi connectivity index (χ3n) is 9.52.